The number of hydrogen-bond acceptors (Lipinski definition) is 5. The fourth-order valence-electron chi connectivity index (χ4n) is 2.53. The zero-order valence-corrected chi connectivity index (χ0v) is 14.3. The molecule has 1 aliphatic rings. The van der Waals surface area contributed by atoms with Gasteiger partial charge in [-0.05, 0) is 45.6 Å². The highest BCUT2D eigenvalue weighted by molar-refractivity contribution is 5.98. The molecule has 0 bridgehead atoms. The van der Waals surface area contributed by atoms with Crippen LogP contribution in [0.3, 0.4) is 0 Å². The van der Waals surface area contributed by atoms with Crippen LogP contribution in [-0.2, 0) is 14.3 Å². The average Bonchev–Trinajstić information content (AvgIpc) is 3.35. The molecule has 0 aromatic carbocycles. The summed E-state index contributed by atoms with van der Waals surface area (Å²) in [5.41, 5.74) is 0.623. The molecule has 0 spiro atoms. The van der Waals surface area contributed by atoms with Crippen LogP contribution < -0.4 is 10.1 Å². The lowest BCUT2D eigenvalue weighted by Crippen LogP contribution is -2.45. The van der Waals surface area contributed by atoms with Crippen LogP contribution in [0.25, 0.3) is 0 Å². The molecule has 1 amide bonds. The Kier molecular flexibility index (Phi) is 5.96. The summed E-state index contributed by atoms with van der Waals surface area (Å²) in [4.78, 5) is 17.0. The van der Waals surface area contributed by atoms with Crippen molar-refractivity contribution in [2.75, 3.05) is 32.2 Å². The first-order valence-electron chi connectivity index (χ1n) is 8.06. The second-order valence-corrected chi connectivity index (χ2v) is 5.89. The third-order valence-electron chi connectivity index (χ3n) is 4.10. The van der Waals surface area contributed by atoms with Crippen LogP contribution in [0.1, 0.15) is 32.4 Å². The normalized spacial score (nSPS) is 16.7. The lowest BCUT2D eigenvalue weighted by atomic mass is 9.98. The van der Waals surface area contributed by atoms with Crippen LogP contribution in [0.2, 0.25) is 0 Å². The van der Waals surface area contributed by atoms with Gasteiger partial charge >= 0.3 is 0 Å². The van der Waals surface area contributed by atoms with E-state index in [0.29, 0.717) is 43.0 Å². The highest BCUT2D eigenvalue weighted by Crippen LogP contribution is 2.42. The fourth-order valence-corrected chi connectivity index (χ4v) is 2.53. The molecule has 2 rings (SSSR count). The minimum Gasteiger partial charge on any atom is -0.475 e. The molecule has 0 aliphatic heterocycles. The van der Waals surface area contributed by atoms with Gasteiger partial charge in [0, 0.05) is 19.8 Å². The Morgan fingerprint density at radius 3 is 2.70 bits per heavy atom. The summed E-state index contributed by atoms with van der Waals surface area (Å²) in [7, 11) is 1.62. The van der Waals surface area contributed by atoms with Gasteiger partial charge in [-0.3, -0.25) is 4.79 Å². The minimum absolute atomic E-state index is 0.111. The molecule has 0 radical (unpaired) electrons. The van der Waals surface area contributed by atoms with Gasteiger partial charge in [0.1, 0.15) is 12.2 Å². The Balaban J connectivity index is 2.02. The van der Waals surface area contributed by atoms with Crippen LogP contribution >= 0.6 is 0 Å². The molecule has 6 nitrogen and oxygen atoms in total. The van der Waals surface area contributed by atoms with Crippen molar-refractivity contribution in [1.29, 1.82) is 0 Å². The van der Waals surface area contributed by atoms with Gasteiger partial charge in [-0.2, -0.15) is 0 Å². The number of carbonyl (C=O) groups is 1. The van der Waals surface area contributed by atoms with E-state index in [1.54, 1.807) is 13.2 Å². The van der Waals surface area contributed by atoms with Crippen LogP contribution in [0, 0.1) is 12.8 Å². The molecule has 1 saturated carbocycles. The number of anilines is 1. The number of aryl methyl sites for hydroxylation is 1. The Labute approximate surface area is 137 Å². The van der Waals surface area contributed by atoms with E-state index in [-0.39, 0.29) is 5.91 Å². The summed E-state index contributed by atoms with van der Waals surface area (Å²) >= 11 is 0. The van der Waals surface area contributed by atoms with Crippen molar-refractivity contribution in [3.63, 3.8) is 0 Å². The Bertz CT molecular complexity index is 545. The molecule has 1 heterocycles. The largest absolute Gasteiger partial charge is 0.475 e. The second kappa shape index (κ2) is 7.75. The Hall–Kier alpha value is -1.66. The summed E-state index contributed by atoms with van der Waals surface area (Å²) in [6.45, 7) is 7.09. The molecule has 1 N–H and O–H groups in total. The standard InChI is InChI=1S/C17H26N2O4/c1-5-23-17(3,13-6-7-13)16(20)19-14-8-9-15(18-12(14)2)22-11-10-21-4/h8-9,13H,5-7,10-11H2,1-4H3,(H,19,20)/t17-/m0/s1. The predicted octanol–water partition coefficient (Wildman–Crippen LogP) is 2.56. The zero-order chi connectivity index (χ0) is 16.9. The molecule has 1 atom stereocenters. The molecule has 0 saturated heterocycles. The molecule has 1 aromatic rings. The number of hydrogen-bond donors (Lipinski definition) is 1. The lowest BCUT2D eigenvalue weighted by molar-refractivity contribution is -0.141. The number of nitrogens with zero attached hydrogens (tertiary/aromatic N) is 1. The van der Waals surface area contributed by atoms with Gasteiger partial charge in [0.2, 0.25) is 5.88 Å². The molecular formula is C17H26N2O4. The van der Waals surface area contributed by atoms with E-state index in [4.69, 9.17) is 14.2 Å². The summed E-state index contributed by atoms with van der Waals surface area (Å²) in [5.74, 6) is 0.708. The second-order valence-electron chi connectivity index (χ2n) is 5.89. The van der Waals surface area contributed by atoms with E-state index >= 15 is 0 Å². The van der Waals surface area contributed by atoms with Crippen LogP contribution in [0.5, 0.6) is 5.88 Å². The first-order chi connectivity index (χ1) is 11.0. The number of pyridine rings is 1. The van der Waals surface area contributed by atoms with Crippen molar-refractivity contribution in [3.8, 4) is 5.88 Å². The first kappa shape index (κ1) is 17.7. The number of methoxy groups -OCH3 is 1. The maximum absolute atomic E-state index is 12.6. The lowest BCUT2D eigenvalue weighted by Gasteiger charge is -2.28. The molecule has 23 heavy (non-hydrogen) atoms. The number of amides is 1. The summed E-state index contributed by atoms with van der Waals surface area (Å²) in [6.07, 6.45) is 2.07. The summed E-state index contributed by atoms with van der Waals surface area (Å²) in [6, 6.07) is 3.55. The predicted molar refractivity (Wildman–Crippen MR) is 87.7 cm³/mol. The van der Waals surface area contributed by atoms with Gasteiger partial charge in [-0.15, -0.1) is 0 Å². The Morgan fingerprint density at radius 2 is 2.13 bits per heavy atom. The third kappa shape index (κ3) is 4.42. The molecule has 1 aliphatic carbocycles. The van der Waals surface area contributed by atoms with Crippen molar-refractivity contribution in [2.45, 2.75) is 39.2 Å². The van der Waals surface area contributed by atoms with Gasteiger partial charge in [0.05, 0.1) is 18.0 Å². The molecule has 0 unspecified atom stereocenters. The highest BCUT2D eigenvalue weighted by Gasteiger charge is 2.48. The van der Waals surface area contributed by atoms with E-state index in [9.17, 15) is 4.79 Å². The topological polar surface area (TPSA) is 69.7 Å². The van der Waals surface area contributed by atoms with Gasteiger partial charge in [0.25, 0.3) is 5.91 Å². The monoisotopic (exact) mass is 322 g/mol. The number of carbonyl (C=O) groups excluding carboxylic acids is 1. The SMILES string of the molecule is CCO[C@](C)(C(=O)Nc1ccc(OCCOC)nc1C)C1CC1. The number of aromatic nitrogens is 1. The smallest absolute Gasteiger partial charge is 0.256 e. The van der Waals surface area contributed by atoms with E-state index < -0.39 is 5.60 Å². The number of rotatable bonds is 9. The molecule has 1 fully saturated rings. The maximum atomic E-state index is 12.6. The van der Waals surface area contributed by atoms with Crippen molar-refractivity contribution in [2.24, 2.45) is 5.92 Å². The van der Waals surface area contributed by atoms with Crippen LogP contribution in [0.15, 0.2) is 12.1 Å². The van der Waals surface area contributed by atoms with Crippen molar-refractivity contribution < 1.29 is 19.0 Å². The molecular weight excluding hydrogens is 296 g/mol. The third-order valence-corrected chi connectivity index (χ3v) is 4.10. The summed E-state index contributed by atoms with van der Waals surface area (Å²) in [5, 5.41) is 2.94. The maximum Gasteiger partial charge on any atom is 0.256 e. The molecule has 128 valence electrons. The fraction of sp³-hybridized carbons (Fsp3) is 0.647. The van der Waals surface area contributed by atoms with E-state index in [2.05, 4.69) is 10.3 Å². The van der Waals surface area contributed by atoms with Crippen molar-refractivity contribution in [1.82, 2.24) is 4.98 Å². The first-order valence-corrected chi connectivity index (χ1v) is 8.06. The van der Waals surface area contributed by atoms with Crippen molar-refractivity contribution in [3.05, 3.63) is 17.8 Å². The quantitative estimate of drug-likeness (QED) is 0.708. The van der Waals surface area contributed by atoms with E-state index in [1.807, 2.05) is 26.8 Å². The average molecular weight is 322 g/mol. The van der Waals surface area contributed by atoms with Gasteiger partial charge in [-0.1, -0.05) is 0 Å². The van der Waals surface area contributed by atoms with Gasteiger partial charge in [-0.25, -0.2) is 4.98 Å². The van der Waals surface area contributed by atoms with Crippen LogP contribution in [0.4, 0.5) is 5.69 Å². The minimum atomic E-state index is -0.769. The molecule has 1 aromatic heterocycles. The highest BCUT2D eigenvalue weighted by atomic mass is 16.5. The zero-order valence-electron chi connectivity index (χ0n) is 14.3. The van der Waals surface area contributed by atoms with Crippen molar-refractivity contribution >= 4 is 11.6 Å². The number of ether oxygens (including phenoxy) is 3. The van der Waals surface area contributed by atoms with Crippen LogP contribution in [-0.4, -0.2) is 43.4 Å². The van der Waals surface area contributed by atoms with Gasteiger partial charge < -0.3 is 19.5 Å². The Morgan fingerprint density at radius 1 is 1.39 bits per heavy atom. The van der Waals surface area contributed by atoms with Gasteiger partial charge in [0.15, 0.2) is 0 Å². The molecule has 6 heteroatoms. The van der Waals surface area contributed by atoms with E-state index in [1.165, 1.54) is 0 Å². The number of nitrogens with one attached hydrogen (secondary N) is 1. The summed E-state index contributed by atoms with van der Waals surface area (Å²) < 4.78 is 16.1. The van der Waals surface area contributed by atoms with E-state index in [0.717, 1.165) is 12.8 Å².